The highest BCUT2D eigenvalue weighted by molar-refractivity contribution is 7.71. The van der Waals surface area contributed by atoms with E-state index in [1.807, 2.05) is 4.57 Å². The van der Waals surface area contributed by atoms with Crippen LogP contribution in [0.1, 0.15) is 48.2 Å². The van der Waals surface area contributed by atoms with E-state index in [-0.39, 0.29) is 24.3 Å². The Morgan fingerprint density at radius 1 is 1.38 bits per heavy atom. The van der Waals surface area contributed by atoms with E-state index in [0.717, 1.165) is 25.0 Å². The van der Waals surface area contributed by atoms with Gasteiger partial charge in [-0.05, 0) is 49.0 Å². The van der Waals surface area contributed by atoms with Crippen molar-refractivity contribution >= 4 is 18.1 Å². The average Bonchev–Trinajstić information content (AvgIpc) is 3.51. The van der Waals surface area contributed by atoms with Gasteiger partial charge in [0.05, 0.1) is 12.1 Å². The maximum Gasteiger partial charge on any atom is 0.416 e. The molecule has 1 amide bonds. The maximum absolute atomic E-state index is 12.8. The molecule has 2 aliphatic rings. The molecular formula is C17H17F3N4OS. The number of carbonyl (C=O) groups excluding carboxylic acids is 1. The lowest BCUT2D eigenvalue weighted by atomic mass is 10.1. The minimum absolute atomic E-state index is 0.163. The lowest BCUT2D eigenvalue weighted by Gasteiger charge is -2.09. The molecule has 2 N–H and O–H groups in total. The van der Waals surface area contributed by atoms with Crippen LogP contribution in [-0.4, -0.2) is 20.7 Å². The first-order valence-corrected chi connectivity index (χ1v) is 8.86. The zero-order valence-electron chi connectivity index (χ0n) is 13.7. The van der Waals surface area contributed by atoms with Gasteiger partial charge in [0.25, 0.3) is 0 Å². The Hall–Kier alpha value is -2.16. The number of carbonyl (C=O) groups is 1. The average molecular weight is 382 g/mol. The van der Waals surface area contributed by atoms with Crippen LogP contribution in [0.3, 0.4) is 0 Å². The standard InChI is InChI=1S/C17H17F3N4OS/c18-17(19,20)10-3-1-2-9(6-10)12-7-13(12)15(25)21-8-14-22-23-16(26)24(14)11-4-5-11/h1-3,6,11-13H,4-5,7-8H2,(H,21,25)(H,23,26)/t12-,13-/m0/s1. The van der Waals surface area contributed by atoms with Crippen molar-refractivity contribution in [1.82, 2.24) is 20.1 Å². The molecule has 2 saturated carbocycles. The summed E-state index contributed by atoms with van der Waals surface area (Å²) in [5.74, 6) is 0.0575. The van der Waals surface area contributed by atoms with Gasteiger partial charge < -0.3 is 5.32 Å². The van der Waals surface area contributed by atoms with Crippen molar-refractivity contribution in [2.24, 2.45) is 5.92 Å². The van der Waals surface area contributed by atoms with E-state index in [0.29, 0.717) is 28.6 Å². The molecule has 4 rings (SSSR count). The molecular weight excluding hydrogens is 365 g/mol. The summed E-state index contributed by atoms with van der Waals surface area (Å²) in [6.07, 6.45) is -1.71. The van der Waals surface area contributed by atoms with Crippen LogP contribution in [0.2, 0.25) is 0 Å². The van der Waals surface area contributed by atoms with Crippen LogP contribution in [0.25, 0.3) is 0 Å². The monoisotopic (exact) mass is 382 g/mol. The third kappa shape index (κ3) is 3.40. The Balaban J connectivity index is 1.38. The topological polar surface area (TPSA) is 62.7 Å². The third-order valence-corrected chi connectivity index (χ3v) is 5.17. The number of hydrogen-bond acceptors (Lipinski definition) is 3. The van der Waals surface area contributed by atoms with Crippen LogP contribution in [0.4, 0.5) is 13.2 Å². The Labute approximate surface area is 152 Å². The molecule has 0 aliphatic heterocycles. The lowest BCUT2D eigenvalue weighted by Crippen LogP contribution is -2.26. The van der Waals surface area contributed by atoms with Crippen LogP contribution in [0.15, 0.2) is 24.3 Å². The van der Waals surface area contributed by atoms with Crippen molar-refractivity contribution in [3.05, 3.63) is 46.0 Å². The van der Waals surface area contributed by atoms with Crippen LogP contribution >= 0.6 is 12.2 Å². The van der Waals surface area contributed by atoms with Crippen LogP contribution < -0.4 is 5.32 Å². The number of rotatable bonds is 5. The second-order valence-electron chi connectivity index (χ2n) is 6.84. The van der Waals surface area contributed by atoms with Gasteiger partial charge in [-0.1, -0.05) is 18.2 Å². The van der Waals surface area contributed by atoms with Crippen molar-refractivity contribution < 1.29 is 18.0 Å². The number of aromatic amines is 1. The van der Waals surface area contributed by atoms with Crippen molar-refractivity contribution in [3.63, 3.8) is 0 Å². The molecule has 1 aromatic heterocycles. The highest BCUT2D eigenvalue weighted by Gasteiger charge is 2.44. The maximum atomic E-state index is 12.8. The van der Waals surface area contributed by atoms with E-state index in [1.165, 1.54) is 6.07 Å². The quantitative estimate of drug-likeness (QED) is 0.775. The summed E-state index contributed by atoms with van der Waals surface area (Å²) in [5, 5.41) is 9.72. The van der Waals surface area contributed by atoms with Crippen LogP contribution in [-0.2, 0) is 17.5 Å². The largest absolute Gasteiger partial charge is 0.416 e. The number of nitrogens with zero attached hydrogens (tertiary/aromatic N) is 2. The fourth-order valence-corrected chi connectivity index (χ4v) is 3.57. The van der Waals surface area contributed by atoms with Crippen LogP contribution in [0.5, 0.6) is 0 Å². The van der Waals surface area contributed by atoms with E-state index in [4.69, 9.17) is 12.2 Å². The smallest absolute Gasteiger partial charge is 0.349 e. The van der Waals surface area contributed by atoms with Crippen LogP contribution in [0, 0.1) is 10.7 Å². The first-order valence-electron chi connectivity index (χ1n) is 8.45. The van der Waals surface area contributed by atoms with E-state index >= 15 is 0 Å². The van der Waals surface area contributed by atoms with Crippen molar-refractivity contribution in [2.75, 3.05) is 0 Å². The number of alkyl halides is 3. The molecule has 9 heteroatoms. The van der Waals surface area contributed by atoms with Crippen molar-refractivity contribution in [3.8, 4) is 0 Å². The fraction of sp³-hybridized carbons (Fsp3) is 0.471. The first-order chi connectivity index (χ1) is 12.3. The number of benzene rings is 1. The van der Waals surface area contributed by atoms with Gasteiger partial charge in [0.2, 0.25) is 5.91 Å². The Bertz CT molecular complexity index is 900. The zero-order valence-corrected chi connectivity index (χ0v) is 14.5. The summed E-state index contributed by atoms with van der Waals surface area (Å²) in [6.45, 7) is 0.258. The Morgan fingerprint density at radius 3 is 2.85 bits per heavy atom. The predicted octanol–water partition coefficient (Wildman–Crippen LogP) is 3.71. The summed E-state index contributed by atoms with van der Waals surface area (Å²) in [7, 11) is 0. The van der Waals surface area contributed by atoms with Gasteiger partial charge in [-0.3, -0.25) is 14.5 Å². The van der Waals surface area contributed by atoms with Gasteiger partial charge in [0.15, 0.2) is 10.6 Å². The fourth-order valence-electron chi connectivity index (χ4n) is 3.27. The SMILES string of the molecule is O=C(NCc1n[nH]c(=S)n1C1CC1)[C@H]1C[C@H]1c1cccc(C(F)(F)F)c1. The minimum atomic E-state index is -4.37. The van der Waals surface area contributed by atoms with E-state index in [2.05, 4.69) is 15.5 Å². The molecule has 0 saturated heterocycles. The summed E-state index contributed by atoms with van der Waals surface area (Å²) in [5.41, 5.74) is -0.123. The van der Waals surface area contributed by atoms with Gasteiger partial charge in [-0.15, -0.1) is 0 Å². The molecule has 1 aromatic carbocycles. The highest BCUT2D eigenvalue weighted by Crippen LogP contribution is 2.48. The summed E-state index contributed by atoms with van der Waals surface area (Å²) < 4.78 is 40.9. The summed E-state index contributed by atoms with van der Waals surface area (Å²) in [6, 6.07) is 5.56. The number of H-pyrrole nitrogens is 1. The van der Waals surface area contributed by atoms with E-state index in [1.54, 1.807) is 6.07 Å². The lowest BCUT2D eigenvalue weighted by molar-refractivity contribution is -0.137. The summed E-state index contributed by atoms with van der Waals surface area (Å²) >= 11 is 5.20. The second-order valence-corrected chi connectivity index (χ2v) is 7.22. The Morgan fingerprint density at radius 2 is 2.15 bits per heavy atom. The molecule has 1 heterocycles. The second kappa shape index (κ2) is 6.22. The van der Waals surface area contributed by atoms with E-state index in [9.17, 15) is 18.0 Å². The van der Waals surface area contributed by atoms with Gasteiger partial charge >= 0.3 is 6.18 Å². The van der Waals surface area contributed by atoms with Gasteiger partial charge in [0, 0.05) is 12.0 Å². The molecule has 0 spiro atoms. The Kier molecular flexibility index (Phi) is 4.13. The number of halogens is 3. The molecule has 2 fully saturated rings. The molecule has 0 unspecified atom stereocenters. The summed E-state index contributed by atoms with van der Waals surface area (Å²) in [4.78, 5) is 12.3. The zero-order chi connectivity index (χ0) is 18.5. The molecule has 26 heavy (non-hydrogen) atoms. The minimum Gasteiger partial charge on any atom is -0.349 e. The van der Waals surface area contributed by atoms with E-state index < -0.39 is 11.7 Å². The predicted molar refractivity (Wildman–Crippen MR) is 89.8 cm³/mol. The number of aromatic nitrogens is 3. The molecule has 5 nitrogen and oxygen atoms in total. The molecule has 0 bridgehead atoms. The number of hydrogen-bond donors (Lipinski definition) is 2. The van der Waals surface area contributed by atoms with Gasteiger partial charge in [-0.25, -0.2) is 0 Å². The number of amides is 1. The van der Waals surface area contributed by atoms with Crippen molar-refractivity contribution in [1.29, 1.82) is 0 Å². The number of nitrogens with one attached hydrogen (secondary N) is 2. The normalized spacial score (nSPS) is 22.3. The van der Waals surface area contributed by atoms with Gasteiger partial charge in [0.1, 0.15) is 0 Å². The van der Waals surface area contributed by atoms with Crippen molar-refractivity contribution in [2.45, 2.75) is 43.9 Å². The molecule has 2 atom stereocenters. The molecule has 0 radical (unpaired) electrons. The molecule has 2 aliphatic carbocycles. The first kappa shape index (κ1) is 17.3. The highest BCUT2D eigenvalue weighted by atomic mass is 32.1. The molecule has 2 aromatic rings. The van der Waals surface area contributed by atoms with Gasteiger partial charge in [-0.2, -0.15) is 18.3 Å². The third-order valence-electron chi connectivity index (χ3n) is 4.88. The molecule has 138 valence electrons.